The molecule has 3 heteroatoms. The normalized spacial score (nSPS) is 48.1. The Balaban J connectivity index is 1.64. The summed E-state index contributed by atoms with van der Waals surface area (Å²) in [5.74, 6) is 1.17. The number of allylic oxidation sites excluding steroid dienone is 1. The minimum absolute atomic E-state index is 0.0116. The van der Waals surface area contributed by atoms with E-state index in [-0.39, 0.29) is 22.4 Å². The van der Waals surface area contributed by atoms with E-state index in [1.165, 1.54) is 12.8 Å². The first-order valence-corrected chi connectivity index (χ1v) is 9.11. The molecule has 5 atom stereocenters. The van der Waals surface area contributed by atoms with Gasteiger partial charge in [-0.1, -0.05) is 26.0 Å². The van der Waals surface area contributed by atoms with Gasteiger partial charge in [0.1, 0.15) is 12.2 Å². The predicted molar refractivity (Wildman–Crippen MR) is 88.8 cm³/mol. The summed E-state index contributed by atoms with van der Waals surface area (Å²) >= 11 is 0. The molecule has 3 fully saturated rings. The van der Waals surface area contributed by atoms with Crippen molar-refractivity contribution in [3.63, 3.8) is 0 Å². The van der Waals surface area contributed by atoms with Gasteiger partial charge in [0.05, 0.1) is 6.61 Å². The molecule has 0 aromatic heterocycles. The summed E-state index contributed by atoms with van der Waals surface area (Å²) in [6.07, 6.45) is 10.8. The van der Waals surface area contributed by atoms with Crippen LogP contribution in [0.25, 0.3) is 0 Å². The van der Waals surface area contributed by atoms with Crippen LogP contribution in [0.5, 0.6) is 0 Å². The van der Waals surface area contributed by atoms with Crippen LogP contribution >= 0.6 is 0 Å². The van der Waals surface area contributed by atoms with E-state index in [0.717, 1.165) is 37.9 Å². The summed E-state index contributed by atoms with van der Waals surface area (Å²) in [4.78, 5) is 12.2. The van der Waals surface area contributed by atoms with Gasteiger partial charge in [0.15, 0.2) is 0 Å². The average molecular weight is 316 g/mol. The standard InChI is InChI=1S/C20H28O3/c1-4-19(12-23-19)11-10-18(3)14(2)8-9-20-13-22-17(21)15(20)6-5-7-16(18)20/h4,6,14,16H,1,5,7-13H2,2-3H3/t14-,16-,18+,19-,20-/m1/s1. The van der Waals surface area contributed by atoms with E-state index < -0.39 is 0 Å². The minimum atomic E-state index is -0.0668. The van der Waals surface area contributed by atoms with Crippen LogP contribution in [0.3, 0.4) is 0 Å². The van der Waals surface area contributed by atoms with E-state index in [1.54, 1.807) is 0 Å². The van der Waals surface area contributed by atoms with Crippen molar-refractivity contribution < 1.29 is 14.3 Å². The molecular weight excluding hydrogens is 288 g/mol. The number of ether oxygens (including phenoxy) is 2. The molecule has 2 aliphatic heterocycles. The van der Waals surface area contributed by atoms with Crippen LogP contribution in [0, 0.1) is 22.7 Å². The molecule has 3 nitrogen and oxygen atoms in total. The number of hydrogen-bond donors (Lipinski definition) is 0. The zero-order valence-corrected chi connectivity index (χ0v) is 14.4. The molecule has 0 aromatic rings. The Morgan fingerprint density at radius 3 is 2.83 bits per heavy atom. The van der Waals surface area contributed by atoms with Crippen molar-refractivity contribution in [3.05, 3.63) is 24.3 Å². The zero-order valence-electron chi connectivity index (χ0n) is 14.4. The van der Waals surface area contributed by atoms with E-state index in [4.69, 9.17) is 9.47 Å². The molecular formula is C20H28O3. The van der Waals surface area contributed by atoms with Crippen LogP contribution < -0.4 is 0 Å². The molecule has 0 amide bonds. The maximum Gasteiger partial charge on any atom is 0.334 e. The van der Waals surface area contributed by atoms with Crippen LogP contribution in [-0.4, -0.2) is 24.8 Å². The monoisotopic (exact) mass is 316 g/mol. The van der Waals surface area contributed by atoms with E-state index >= 15 is 0 Å². The first-order valence-electron chi connectivity index (χ1n) is 9.11. The molecule has 0 radical (unpaired) electrons. The second-order valence-corrected chi connectivity index (χ2v) is 8.48. The van der Waals surface area contributed by atoms with E-state index in [1.807, 2.05) is 6.08 Å². The highest BCUT2D eigenvalue weighted by Gasteiger charge is 2.61. The van der Waals surface area contributed by atoms with Gasteiger partial charge in [0.2, 0.25) is 0 Å². The van der Waals surface area contributed by atoms with Gasteiger partial charge in [0.25, 0.3) is 0 Å². The largest absolute Gasteiger partial charge is 0.461 e. The lowest BCUT2D eigenvalue weighted by Crippen LogP contribution is -2.51. The van der Waals surface area contributed by atoms with Gasteiger partial charge < -0.3 is 9.47 Å². The maximum atomic E-state index is 12.2. The van der Waals surface area contributed by atoms with Crippen LogP contribution in [-0.2, 0) is 14.3 Å². The number of hydrogen-bond acceptors (Lipinski definition) is 3. The van der Waals surface area contributed by atoms with Crippen molar-refractivity contribution in [3.8, 4) is 0 Å². The Morgan fingerprint density at radius 2 is 2.13 bits per heavy atom. The summed E-state index contributed by atoms with van der Waals surface area (Å²) in [7, 11) is 0. The smallest absolute Gasteiger partial charge is 0.334 e. The second kappa shape index (κ2) is 4.95. The van der Waals surface area contributed by atoms with Gasteiger partial charge in [-0.25, -0.2) is 4.79 Å². The fourth-order valence-electron chi connectivity index (χ4n) is 5.65. The third-order valence-corrected chi connectivity index (χ3v) is 7.61. The highest BCUT2D eigenvalue weighted by atomic mass is 16.6. The summed E-state index contributed by atoms with van der Waals surface area (Å²) in [5, 5.41) is 0. The van der Waals surface area contributed by atoms with Gasteiger partial charge in [-0.15, -0.1) is 6.58 Å². The van der Waals surface area contributed by atoms with E-state index in [2.05, 4.69) is 26.5 Å². The van der Waals surface area contributed by atoms with Crippen molar-refractivity contribution in [2.45, 2.75) is 58.0 Å². The number of epoxide rings is 1. The topological polar surface area (TPSA) is 38.8 Å². The number of carbonyl (C=O) groups is 1. The first kappa shape index (κ1) is 15.4. The molecule has 0 bridgehead atoms. The lowest BCUT2D eigenvalue weighted by molar-refractivity contribution is -0.135. The molecule has 4 rings (SSSR count). The maximum absolute atomic E-state index is 12.2. The van der Waals surface area contributed by atoms with Gasteiger partial charge in [-0.2, -0.15) is 0 Å². The Kier molecular flexibility index (Phi) is 3.32. The highest BCUT2D eigenvalue weighted by molar-refractivity contribution is 5.92. The molecule has 0 unspecified atom stereocenters. The number of cyclic esters (lactones) is 1. The Hall–Kier alpha value is -1.09. The van der Waals surface area contributed by atoms with Crippen LogP contribution in [0.1, 0.15) is 52.4 Å². The SMILES string of the molecule is C=C[C@@]1(CC[C@@]2(C)[C@H](C)CC[C@@]34COC(=O)C3=CCC[C@@H]42)CO1. The lowest BCUT2D eigenvalue weighted by Gasteiger charge is -2.56. The van der Waals surface area contributed by atoms with E-state index in [0.29, 0.717) is 18.4 Å². The molecule has 2 aliphatic carbocycles. The fraction of sp³-hybridized carbons (Fsp3) is 0.750. The summed E-state index contributed by atoms with van der Waals surface area (Å²) in [6.45, 7) is 10.2. The van der Waals surface area contributed by atoms with Crippen LogP contribution in [0.15, 0.2) is 24.3 Å². The molecule has 0 N–H and O–H groups in total. The van der Waals surface area contributed by atoms with Crippen molar-refractivity contribution >= 4 is 5.97 Å². The number of rotatable bonds is 4. The second-order valence-electron chi connectivity index (χ2n) is 8.48. The van der Waals surface area contributed by atoms with Crippen molar-refractivity contribution in [2.24, 2.45) is 22.7 Å². The Morgan fingerprint density at radius 1 is 1.35 bits per heavy atom. The number of esters is 1. The number of carbonyl (C=O) groups excluding carboxylic acids is 1. The van der Waals surface area contributed by atoms with Crippen LogP contribution in [0.2, 0.25) is 0 Å². The third kappa shape index (κ3) is 2.08. The van der Waals surface area contributed by atoms with Crippen molar-refractivity contribution in [1.29, 1.82) is 0 Å². The summed E-state index contributed by atoms with van der Waals surface area (Å²) in [6, 6.07) is 0. The molecule has 2 saturated heterocycles. The van der Waals surface area contributed by atoms with Gasteiger partial charge in [0, 0.05) is 11.0 Å². The third-order valence-electron chi connectivity index (χ3n) is 7.61. The molecule has 126 valence electrons. The van der Waals surface area contributed by atoms with Crippen molar-refractivity contribution in [2.75, 3.05) is 13.2 Å². The minimum Gasteiger partial charge on any atom is -0.461 e. The summed E-state index contributed by atoms with van der Waals surface area (Å²) in [5.41, 5.74) is 1.16. The van der Waals surface area contributed by atoms with Gasteiger partial charge >= 0.3 is 5.97 Å². The Bertz CT molecular complexity index is 573. The van der Waals surface area contributed by atoms with E-state index in [9.17, 15) is 4.79 Å². The predicted octanol–water partition coefficient (Wildman–Crippen LogP) is 4.04. The molecule has 4 aliphatic rings. The van der Waals surface area contributed by atoms with Gasteiger partial charge in [-0.3, -0.25) is 0 Å². The lowest BCUT2D eigenvalue weighted by atomic mass is 9.46. The first-order chi connectivity index (χ1) is 11.0. The molecule has 1 saturated carbocycles. The molecule has 1 spiro atoms. The van der Waals surface area contributed by atoms with Crippen LogP contribution in [0.4, 0.5) is 0 Å². The van der Waals surface area contributed by atoms with Crippen molar-refractivity contribution in [1.82, 2.24) is 0 Å². The fourth-order valence-corrected chi connectivity index (χ4v) is 5.65. The molecule has 23 heavy (non-hydrogen) atoms. The van der Waals surface area contributed by atoms with Gasteiger partial charge in [-0.05, 0) is 55.8 Å². The summed E-state index contributed by atoms with van der Waals surface area (Å²) < 4.78 is 11.2. The molecule has 0 aromatic carbocycles. The average Bonchev–Trinajstić information content (AvgIpc) is 3.28. The zero-order chi connectivity index (χ0) is 16.3. The molecule has 2 heterocycles. The quantitative estimate of drug-likeness (QED) is 0.446. The Labute approximate surface area is 139 Å². The highest BCUT2D eigenvalue weighted by Crippen LogP contribution is 2.64.